The van der Waals surface area contributed by atoms with Crippen molar-refractivity contribution in [2.75, 3.05) is 45.8 Å². The predicted octanol–water partition coefficient (Wildman–Crippen LogP) is 2.43. The molecule has 0 bridgehead atoms. The van der Waals surface area contributed by atoms with Gasteiger partial charge < -0.3 is 19.8 Å². The number of urea groups is 1. The van der Waals surface area contributed by atoms with Crippen LogP contribution < -0.4 is 0 Å². The fourth-order valence-electron chi connectivity index (χ4n) is 5.81. The lowest BCUT2D eigenvalue weighted by Gasteiger charge is -2.31. The van der Waals surface area contributed by atoms with Crippen molar-refractivity contribution >= 4 is 11.9 Å². The minimum Gasteiger partial charge on any atom is -0.390 e. The zero-order chi connectivity index (χ0) is 27.5. The average molecular weight is 542 g/mol. The molecule has 2 aromatic heterocycles. The van der Waals surface area contributed by atoms with Crippen LogP contribution in [0.25, 0.3) is 11.3 Å². The number of hydrogen-bond acceptors (Lipinski definition) is 7. The van der Waals surface area contributed by atoms with Gasteiger partial charge in [-0.05, 0) is 42.0 Å². The first-order chi connectivity index (χ1) is 19.5. The molecule has 10 nitrogen and oxygen atoms in total. The normalized spacial score (nSPS) is 18.3. The van der Waals surface area contributed by atoms with Crippen LogP contribution >= 0.6 is 0 Å². The summed E-state index contributed by atoms with van der Waals surface area (Å²) < 4.78 is 0. The topological polar surface area (TPSA) is 106 Å². The molecule has 0 spiro atoms. The first-order valence-corrected chi connectivity index (χ1v) is 14.1. The number of carbonyl (C=O) groups is 2. The Morgan fingerprint density at radius 1 is 0.850 bits per heavy atom. The van der Waals surface area contributed by atoms with Gasteiger partial charge >= 0.3 is 6.03 Å². The highest BCUT2D eigenvalue weighted by molar-refractivity contribution is 5.90. The molecule has 2 saturated heterocycles. The molecule has 3 aromatic rings. The molecule has 3 aliphatic heterocycles. The molecule has 0 aliphatic carbocycles. The third kappa shape index (κ3) is 5.83. The molecule has 6 rings (SSSR count). The summed E-state index contributed by atoms with van der Waals surface area (Å²) in [5, 5.41) is 10.7. The predicted molar refractivity (Wildman–Crippen MR) is 149 cm³/mol. The summed E-state index contributed by atoms with van der Waals surface area (Å²) in [6, 6.07) is 12.2. The fourth-order valence-corrected chi connectivity index (χ4v) is 5.81. The number of rotatable bonds is 8. The van der Waals surface area contributed by atoms with Gasteiger partial charge in [-0.3, -0.25) is 14.7 Å². The van der Waals surface area contributed by atoms with Gasteiger partial charge in [-0.25, -0.2) is 14.8 Å². The Labute approximate surface area is 234 Å². The van der Waals surface area contributed by atoms with Crippen molar-refractivity contribution in [3.05, 3.63) is 77.5 Å². The highest BCUT2D eigenvalue weighted by Crippen LogP contribution is 2.21. The largest absolute Gasteiger partial charge is 0.390 e. The van der Waals surface area contributed by atoms with Gasteiger partial charge in [0.15, 0.2) is 0 Å². The molecule has 40 heavy (non-hydrogen) atoms. The zero-order valence-corrected chi connectivity index (χ0v) is 22.7. The fraction of sp³-hybridized carbons (Fsp3) is 0.433. The minimum atomic E-state index is -0.589. The second-order valence-corrected chi connectivity index (χ2v) is 10.9. The Morgan fingerprint density at radius 3 is 2.35 bits per heavy atom. The Hall–Kier alpha value is -3.89. The number of nitrogens with zero attached hydrogens (tertiary/aromatic N) is 7. The van der Waals surface area contributed by atoms with E-state index < -0.39 is 6.10 Å². The zero-order valence-electron chi connectivity index (χ0n) is 22.7. The van der Waals surface area contributed by atoms with Crippen LogP contribution in [0, 0.1) is 0 Å². The molecule has 208 valence electrons. The van der Waals surface area contributed by atoms with Gasteiger partial charge in [-0.1, -0.05) is 30.3 Å². The Morgan fingerprint density at radius 2 is 1.60 bits per heavy atom. The van der Waals surface area contributed by atoms with E-state index in [1.54, 1.807) is 33.3 Å². The van der Waals surface area contributed by atoms with E-state index in [2.05, 4.69) is 44.1 Å². The summed E-state index contributed by atoms with van der Waals surface area (Å²) in [4.78, 5) is 46.2. The van der Waals surface area contributed by atoms with Crippen molar-refractivity contribution in [2.45, 2.75) is 38.5 Å². The third-order valence-corrected chi connectivity index (χ3v) is 8.02. The summed E-state index contributed by atoms with van der Waals surface area (Å²) in [5.74, 6) is 0.0900. The molecule has 2 fully saturated rings. The summed E-state index contributed by atoms with van der Waals surface area (Å²) >= 11 is 0. The number of likely N-dealkylation sites (tertiary alicyclic amines) is 1. The van der Waals surface area contributed by atoms with Crippen LogP contribution in [0.4, 0.5) is 4.79 Å². The van der Waals surface area contributed by atoms with E-state index in [1.807, 2.05) is 12.1 Å². The van der Waals surface area contributed by atoms with E-state index in [4.69, 9.17) is 0 Å². The van der Waals surface area contributed by atoms with Crippen LogP contribution in [0.15, 0.2) is 55.0 Å². The maximum absolute atomic E-state index is 13.0. The minimum absolute atomic E-state index is 0.0567. The Balaban J connectivity index is 0.992. The molecule has 10 heteroatoms. The molecule has 1 aromatic carbocycles. The van der Waals surface area contributed by atoms with E-state index in [9.17, 15) is 14.7 Å². The van der Waals surface area contributed by atoms with Crippen LogP contribution in [0.1, 0.15) is 40.2 Å². The van der Waals surface area contributed by atoms with Gasteiger partial charge in [0.05, 0.1) is 11.8 Å². The Kier molecular flexibility index (Phi) is 7.70. The highest BCUT2D eigenvalue weighted by atomic mass is 16.3. The van der Waals surface area contributed by atoms with Crippen LogP contribution in [-0.2, 0) is 19.5 Å². The number of aromatic nitrogens is 3. The van der Waals surface area contributed by atoms with Crippen molar-refractivity contribution in [1.29, 1.82) is 0 Å². The number of aliphatic hydroxyl groups excluding tert-OH is 1. The lowest BCUT2D eigenvalue weighted by atomic mass is 10.00. The highest BCUT2D eigenvalue weighted by Gasteiger charge is 2.30. The molecule has 5 heterocycles. The molecular weight excluding hydrogens is 506 g/mol. The van der Waals surface area contributed by atoms with Gasteiger partial charge in [0.25, 0.3) is 5.91 Å². The van der Waals surface area contributed by atoms with Crippen molar-refractivity contribution in [2.24, 2.45) is 0 Å². The molecule has 0 saturated carbocycles. The monoisotopic (exact) mass is 541 g/mol. The summed E-state index contributed by atoms with van der Waals surface area (Å²) in [6.07, 6.45) is 7.48. The van der Waals surface area contributed by atoms with Gasteiger partial charge in [0.2, 0.25) is 5.82 Å². The molecule has 3 amide bonds. The molecule has 1 N–H and O–H groups in total. The maximum Gasteiger partial charge on any atom is 0.320 e. The smallest absolute Gasteiger partial charge is 0.320 e. The van der Waals surface area contributed by atoms with Crippen LogP contribution in [-0.4, -0.2) is 104 Å². The Bertz CT molecular complexity index is 1340. The van der Waals surface area contributed by atoms with Crippen LogP contribution in [0.2, 0.25) is 0 Å². The second-order valence-electron chi connectivity index (χ2n) is 10.9. The number of benzene rings is 1. The number of hydrogen-bond donors (Lipinski definition) is 1. The average Bonchev–Trinajstić information content (AvgIpc) is 3.64. The number of aliphatic hydroxyl groups is 1. The molecule has 3 aliphatic rings. The van der Waals surface area contributed by atoms with Gasteiger partial charge in [0, 0.05) is 83.1 Å². The van der Waals surface area contributed by atoms with Crippen molar-refractivity contribution in [3.8, 4) is 11.3 Å². The summed E-state index contributed by atoms with van der Waals surface area (Å²) in [7, 11) is 0. The first kappa shape index (κ1) is 26.3. The van der Waals surface area contributed by atoms with Gasteiger partial charge in [-0.15, -0.1) is 0 Å². The first-order valence-electron chi connectivity index (χ1n) is 14.1. The van der Waals surface area contributed by atoms with E-state index in [0.29, 0.717) is 38.4 Å². The van der Waals surface area contributed by atoms with Gasteiger partial charge in [0.1, 0.15) is 0 Å². The van der Waals surface area contributed by atoms with Crippen molar-refractivity contribution < 1.29 is 14.7 Å². The number of β-amino-alcohol motifs (C(OH)–C–C–N with tert-alkyl or cyclic N) is 1. The maximum atomic E-state index is 13.0. The number of amides is 3. The molecule has 0 radical (unpaired) electrons. The number of fused-ring (bicyclic) bond motifs is 1. The van der Waals surface area contributed by atoms with E-state index in [0.717, 1.165) is 56.6 Å². The van der Waals surface area contributed by atoms with Crippen LogP contribution in [0.3, 0.4) is 0 Å². The summed E-state index contributed by atoms with van der Waals surface area (Å²) in [6.45, 7) is 5.85. The van der Waals surface area contributed by atoms with Crippen LogP contribution in [0.5, 0.6) is 0 Å². The van der Waals surface area contributed by atoms with E-state index in [-0.39, 0.29) is 17.8 Å². The molecule has 1 atom stereocenters. The van der Waals surface area contributed by atoms with Gasteiger partial charge in [-0.2, -0.15) is 0 Å². The third-order valence-electron chi connectivity index (χ3n) is 8.02. The molecular formula is C30H35N7O3. The standard InChI is InChI=1S/C30H35N7O3/c38-26(20-34-12-9-23-5-1-2-6-24(23)19-34)21-37-14-13-36(30(37)40)18-22-7-8-27(31-15-22)25-16-32-28(33-17-25)29(39)35-10-3-4-11-35/h1-2,5-8,15-17,26,38H,3-4,9-14,18-21H2/t26-/m1/s1. The lowest BCUT2D eigenvalue weighted by molar-refractivity contribution is 0.0780. The van der Waals surface area contributed by atoms with E-state index >= 15 is 0 Å². The number of pyridine rings is 1. The second kappa shape index (κ2) is 11.7. The van der Waals surface area contributed by atoms with E-state index in [1.165, 1.54) is 11.1 Å². The molecule has 0 unspecified atom stereocenters. The summed E-state index contributed by atoms with van der Waals surface area (Å²) in [5.41, 5.74) is 5.08. The van der Waals surface area contributed by atoms with Crippen molar-refractivity contribution in [1.82, 2.24) is 34.6 Å². The SMILES string of the molecule is O=C(c1ncc(-c2ccc(CN3CCN(C[C@H](O)CN4CCc5ccccc5C4)C3=O)cn2)cn1)N1CCCC1. The number of carbonyl (C=O) groups excluding carboxylic acids is 2. The van der Waals surface area contributed by atoms with Crippen molar-refractivity contribution in [3.63, 3.8) is 0 Å². The lowest BCUT2D eigenvalue weighted by Crippen LogP contribution is -2.43. The quantitative estimate of drug-likeness (QED) is 0.467.